The number of carbonyl (C=O) groups excluding carboxylic acids is 1. The van der Waals surface area contributed by atoms with Crippen molar-refractivity contribution in [3.63, 3.8) is 0 Å². The van der Waals surface area contributed by atoms with Gasteiger partial charge in [0.2, 0.25) is 0 Å². The molecule has 0 saturated heterocycles. The standard InChI is InChI=1S/C28H26N2O3/c1-2-17-32-25-15-13-23(14-16-25)28(31)30-29-19-21-7-5-11-26(18-21)33-20-24-10-6-9-22-8-3-4-12-27(22)24/h3-16,18-19H,2,17,20H2,1H3,(H,30,31)/b29-19+. The van der Waals surface area contributed by atoms with Gasteiger partial charge >= 0.3 is 0 Å². The van der Waals surface area contributed by atoms with Crippen LogP contribution in [0, 0.1) is 0 Å². The van der Waals surface area contributed by atoms with Crippen molar-refractivity contribution in [3.8, 4) is 11.5 Å². The molecule has 4 aromatic carbocycles. The summed E-state index contributed by atoms with van der Waals surface area (Å²) in [4.78, 5) is 12.3. The molecule has 0 aliphatic heterocycles. The fourth-order valence-electron chi connectivity index (χ4n) is 3.42. The first-order valence-corrected chi connectivity index (χ1v) is 11.0. The molecule has 0 bridgehead atoms. The van der Waals surface area contributed by atoms with Crippen LogP contribution in [0.4, 0.5) is 0 Å². The maximum Gasteiger partial charge on any atom is 0.271 e. The highest BCUT2D eigenvalue weighted by atomic mass is 16.5. The van der Waals surface area contributed by atoms with Crippen LogP contribution in [0.15, 0.2) is 96.1 Å². The fraction of sp³-hybridized carbons (Fsp3) is 0.143. The fourth-order valence-corrected chi connectivity index (χ4v) is 3.42. The molecule has 0 aliphatic rings. The lowest BCUT2D eigenvalue weighted by Crippen LogP contribution is -2.17. The second-order valence-electron chi connectivity index (χ2n) is 7.57. The minimum atomic E-state index is -0.281. The smallest absolute Gasteiger partial charge is 0.271 e. The molecule has 33 heavy (non-hydrogen) atoms. The number of amides is 1. The molecular formula is C28H26N2O3. The van der Waals surface area contributed by atoms with Crippen LogP contribution in [-0.4, -0.2) is 18.7 Å². The molecular weight excluding hydrogens is 412 g/mol. The van der Waals surface area contributed by atoms with Crippen LogP contribution in [0.25, 0.3) is 10.8 Å². The zero-order chi connectivity index (χ0) is 22.9. The number of nitrogens with zero attached hydrogens (tertiary/aromatic N) is 1. The number of rotatable bonds is 9. The molecule has 1 N–H and O–H groups in total. The number of ether oxygens (including phenoxy) is 2. The number of nitrogens with one attached hydrogen (secondary N) is 1. The summed E-state index contributed by atoms with van der Waals surface area (Å²) in [5.41, 5.74) is 5.03. The minimum absolute atomic E-state index is 0.281. The molecule has 5 heteroatoms. The molecule has 0 spiro atoms. The van der Waals surface area contributed by atoms with E-state index in [1.54, 1.807) is 30.5 Å². The Hall–Kier alpha value is -4.12. The molecule has 0 saturated carbocycles. The van der Waals surface area contributed by atoms with Gasteiger partial charge in [-0.3, -0.25) is 4.79 Å². The summed E-state index contributed by atoms with van der Waals surface area (Å²) in [5, 5.41) is 6.46. The first-order valence-electron chi connectivity index (χ1n) is 11.0. The van der Waals surface area contributed by atoms with Crippen molar-refractivity contribution in [2.45, 2.75) is 20.0 Å². The molecule has 1 amide bonds. The Labute approximate surface area is 193 Å². The lowest BCUT2D eigenvalue weighted by atomic mass is 10.1. The van der Waals surface area contributed by atoms with E-state index in [2.05, 4.69) is 34.8 Å². The molecule has 0 aromatic heterocycles. The third-order valence-corrected chi connectivity index (χ3v) is 5.10. The third kappa shape index (κ3) is 5.98. The summed E-state index contributed by atoms with van der Waals surface area (Å²) < 4.78 is 11.6. The molecule has 0 fully saturated rings. The maximum atomic E-state index is 12.3. The van der Waals surface area contributed by atoms with Gasteiger partial charge in [-0.2, -0.15) is 5.10 Å². The summed E-state index contributed by atoms with van der Waals surface area (Å²) in [6.45, 7) is 3.17. The van der Waals surface area contributed by atoms with Gasteiger partial charge in [0.15, 0.2) is 0 Å². The van der Waals surface area contributed by atoms with E-state index in [9.17, 15) is 4.79 Å². The van der Waals surface area contributed by atoms with Crippen LogP contribution in [0.1, 0.15) is 34.8 Å². The van der Waals surface area contributed by atoms with E-state index in [0.717, 1.165) is 29.0 Å². The molecule has 4 rings (SSSR count). The predicted molar refractivity (Wildman–Crippen MR) is 132 cm³/mol. The highest BCUT2D eigenvalue weighted by Crippen LogP contribution is 2.21. The second-order valence-corrected chi connectivity index (χ2v) is 7.57. The van der Waals surface area contributed by atoms with Crippen molar-refractivity contribution >= 4 is 22.9 Å². The van der Waals surface area contributed by atoms with Gasteiger partial charge < -0.3 is 9.47 Å². The Kier molecular flexibility index (Phi) is 7.33. The Morgan fingerprint density at radius 2 is 1.67 bits per heavy atom. The van der Waals surface area contributed by atoms with Crippen molar-refractivity contribution in [1.82, 2.24) is 5.43 Å². The van der Waals surface area contributed by atoms with Crippen molar-refractivity contribution in [2.75, 3.05) is 6.61 Å². The van der Waals surface area contributed by atoms with Crippen molar-refractivity contribution in [1.29, 1.82) is 0 Å². The van der Waals surface area contributed by atoms with E-state index < -0.39 is 0 Å². The molecule has 166 valence electrons. The first-order chi connectivity index (χ1) is 16.2. The summed E-state index contributed by atoms with van der Waals surface area (Å²) in [7, 11) is 0. The normalized spacial score (nSPS) is 10.9. The highest BCUT2D eigenvalue weighted by Gasteiger charge is 2.05. The summed E-state index contributed by atoms with van der Waals surface area (Å²) in [6.07, 6.45) is 2.54. The van der Waals surface area contributed by atoms with E-state index in [0.29, 0.717) is 18.8 Å². The number of fused-ring (bicyclic) bond motifs is 1. The monoisotopic (exact) mass is 438 g/mol. The zero-order valence-electron chi connectivity index (χ0n) is 18.5. The number of hydrogen-bond acceptors (Lipinski definition) is 4. The Morgan fingerprint density at radius 1 is 0.879 bits per heavy atom. The first kappa shape index (κ1) is 22.1. The average Bonchev–Trinajstić information content (AvgIpc) is 2.86. The summed E-state index contributed by atoms with van der Waals surface area (Å²) in [5.74, 6) is 1.20. The summed E-state index contributed by atoms with van der Waals surface area (Å²) >= 11 is 0. The molecule has 0 atom stereocenters. The lowest BCUT2D eigenvalue weighted by molar-refractivity contribution is 0.0955. The molecule has 0 unspecified atom stereocenters. The predicted octanol–water partition coefficient (Wildman–Crippen LogP) is 5.97. The number of benzene rings is 4. The van der Waals surface area contributed by atoms with Crippen LogP contribution in [0.5, 0.6) is 11.5 Å². The maximum absolute atomic E-state index is 12.3. The van der Waals surface area contributed by atoms with Gasteiger partial charge in [0.25, 0.3) is 5.91 Å². The van der Waals surface area contributed by atoms with Crippen LogP contribution in [0.2, 0.25) is 0 Å². The van der Waals surface area contributed by atoms with E-state index in [4.69, 9.17) is 9.47 Å². The SMILES string of the molecule is CCCOc1ccc(C(=O)N/N=C/c2cccc(OCc3cccc4ccccc34)c2)cc1. The topological polar surface area (TPSA) is 59.9 Å². The van der Waals surface area contributed by atoms with Gasteiger partial charge in [0, 0.05) is 5.56 Å². The molecule has 0 radical (unpaired) electrons. The largest absolute Gasteiger partial charge is 0.494 e. The third-order valence-electron chi connectivity index (χ3n) is 5.10. The molecule has 0 heterocycles. The minimum Gasteiger partial charge on any atom is -0.494 e. The Balaban J connectivity index is 1.34. The van der Waals surface area contributed by atoms with E-state index in [1.807, 2.05) is 49.4 Å². The molecule has 4 aromatic rings. The van der Waals surface area contributed by atoms with Gasteiger partial charge in [-0.25, -0.2) is 5.43 Å². The van der Waals surface area contributed by atoms with Gasteiger partial charge in [-0.05, 0) is 64.7 Å². The van der Waals surface area contributed by atoms with Crippen molar-refractivity contribution in [3.05, 3.63) is 108 Å². The number of hydrogen-bond donors (Lipinski definition) is 1. The van der Waals surface area contributed by atoms with Gasteiger partial charge in [0.05, 0.1) is 12.8 Å². The zero-order valence-corrected chi connectivity index (χ0v) is 18.5. The number of hydrazone groups is 1. The number of carbonyl (C=O) groups is 1. The van der Waals surface area contributed by atoms with Crippen molar-refractivity contribution in [2.24, 2.45) is 5.10 Å². The Morgan fingerprint density at radius 3 is 2.52 bits per heavy atom. The second kappa shape index (κ2) is 11.0. The highest BCUT2D eigenvalue weighted by molar-refractivity contribution is 5.95. The summed E-state index contributed by atoms with van der Waals surface area (Å²) in [6, 6.07) is 29.1. The van der Waals surface area contributed by atoms with Gasteiger partial charge in [0.1, 0.15) is 18.1 Å². The molecule has 5 nitrogen and oxygen atoms in total. The lowest BCUT2D eigenvalue weighted by Gasteiger charge is -2.09. The van der Waals surface area contributed by atoms with Gasteiger partial charge in [-0.15, -0.1) is 0 Å². The van der Waals surface area contributed by atoms with E-state index in [1.165, 1.54) is 10.8 Å². The van der Waals surface area contributed by atoms with Gasteiger partial charge in [-0.1, -0.05) is 61.5 Å². The van der Waals surface area contributed by atoms with E-state index >= 15 is 0 Å². The van der Waals surface area contributed by atoms with Crippen LogP contribution in [-0.2, 0) is 6.61 Å². The van der Waals surface area contributed by atoms with Crippen LogP contribution < -0.4 is 14.9 Å². The van der Waals surface area contributed by atoms with E-state index in [-0.39, 0.29) is 5.91 Å². The van der Waals surface area contributed by atoms with Crippen LogP contribution >= 0.6 is 0 Å². The quantitative estimate of drug-likeness (QED) is 0.259. The van der Waals surface area contributed by atoms with Crippen LogP contribution in [0.3, 0.4) is 0 Å². The average molecular weight is 439 g/mol. The molecule has 0 aliphatic carbocycles. The van der Waals surface area contributed by atoms with Crippen molar-refractivity contribution < 1.29 is 14.3 Å². The Bertz CT molecular complexity index is 1240.